The Kier molecular flexibility index (Phi) is 8.32. The smallest absolute Gasteiger partial charge is 0.122 e. The maximum atomic E-state index is 5.69. The molecule has 32 heavy (non-hydrogen) atoms. The maximum Gasteiger partial charge on any atom is 0.122 e. The topological polar surface area (TPSA) is 9.23 Å². The van der Waals surface area contributed by atoms with Crippen molar-refractivity contribution < 1.29 is 37.4 Å². The molecule has 7 rings (SSSR count). The van der Waals surface area contributed by atoms with E-state index in [1.165, 1.54) is 66.0 Å². The zero-order valence-electron chi connectivity index (χ0n) is 19.7. The number of hydrogen-bond acceptors (Lipinski definition) is 1. The SMILES string of the molecule is COc1ccc(C)cc1C12CC3CC(CC(C3)C1)C2.Cc1ccc2c[c-]ccc2c1.[B].[Y]. The number of benzene rings is 3. The molecular formula is C29H33BOY-. The van der Waals surface area contributed by atoms with Crippen molar-refractivity contribution in [3.63, 3.8) is 0 Å². The maximum absolute atomic E-state index is 5.69. The van der Waals surface area contributed by atoms with Gasteiger partial charge in [-0.05, 0) is 81.6 Å². The second-order valence-corrected chi connectivity index (χ2v) is 10.2. The Hall–Kier alpha value is -1.11. The molecule has 0 amide bonds. The van der Waals surface area contributed by atoms with Gasteiger partial charge in [0.15, 0.2) is 0 Å². The van der Waals surface area contributed by atoms with Crippen molar-refractivity contribution in [2.75, 3.05) is 7.11 Å². The van der Waals surface area contributed by atoms with Gasteiger partial charge in [-0.1, -0.05) is 35.4 Å². The molecule has 0 heterocycles. The first-order chi connectivity index (χ1) is 14.5. The Morgan fingerprint density at radius 2 is 1.41 bits per heavy atom. The van der Waals surface area contributed by atoms with Crippen molar-refractivity contribution in [1.29, 1.82) is 0 Å². The standard InChI is InChI=1S/C18H24O.C11H9.B.Y/c1-12-3-4-17(19-2)16(5-12)18-9-13-6-14(10-18)8-15(7-13)11-18;1-9-6-7-10-4-2-3-5-11(10)8-9;;/h3-5,13-15H,6-11H2,1-2H3;3-8H,1H3;;/q;-1;;. The summed E-state index contributed by atoms with van der Waals surface area (Å²) in [5.41, 5.74) is 4.66. The average Bonchev–Trinajstić information content (AvgIpc) is 2.73. The third-order valence-corrected chi connectivity index (χ3v) is 7.80. The summed E-state index contributed by atoms with van der Waals surface area (Å²) >= 11 is 0. The van der Waals surface area contributed by atoms with Crippen LogP contribution in [0, 0.1) is 37.7 Å². The van der Waals surface area contributed by atoms with Crippen LogP contribution in [0.1, 0.15) is 55.2 Å². The van der Waals surface area contributed by atoms with Crippen molar-refractivity contribution in [1.82, 2.24) is 0 Å². The van der Waals surface area contributed by atoms with Gasteiger partial charge in [0.2, 0.25) is 0 Å². The van der Waals surface area contributed by atoms with E-state index in [9.17, 15) is 0 Å². The third kappa shape index (κ3) is 5.02. The van der Waals surface area contributed by atoms with E-state index in [0.29, 0.717) is 5.41 Å². The minimum atomic E-state index is 0. The molecule has 0 spiro atoms. The summed E-state index contributed by atoms with van der Waals surface area (Å²) in [6.07, 6.45) is 8.77. The van der Waals surface area contributed by atoms with Crippen LogP contribution >= 0.6 is 0 Å². The van der Waals surface area contributed by atoms with Gasteiger partial charge in [-0.2, -0.15) is 24.3 Å². The number of hydrogen-bond donors (Lipinski definition) is 0. The first-order valence-electron chi connectivity index (χ1n) is 11.6. The summed E-state index contributed by atoms with van der Waals surface area (Å²) in [4.78, 5) is 0. The van der Waals surface area contributed by atoms with Gasteiger partial charge in [-0.3, -0.25) is 0 Å². The van der Waals surface area contributed by atoms with E-state index < -0.39 is 0 Å². The third-order valence-electron chi connectivity index (χ3n) is 7.80. The molecule has 3 aromatic carbocycles. The van der Waals surface area contributed by atoms with Gasteiger partial charge in [0, 0.05) is 46.7 Å². The van der Waals surface area contributed by atoms with E-state index in [-0.39, 0.29) is 41.1 Å². The Bertz CT molecular complexity index is 1020. The van der Waals surface area contributed by atoms with E-state index in [1.54, 1.807) is 0 Å². The number of ether oxygens (including phenoxy) is 1. The van der Waals surface area contributed by atoms with Crippen molar-refractivity contribution in [3.8, 4) is 5.75 Å². The molecule has 1 nitrogen and oxygen atoms in total. The van der Waals surface area contributed by atoms with Crippen LogP contribution in [0.25, 0.3) is 10.8 Å². The molecule has 4 radical (unpaired) electrons. The molecule has 4 aliphatic rings. The fourth-order valence-electron chi connectivity index (χ4n) is 6.92. The predicted molar refractivity (Wildman–Crippen MR) is 131 cm³/mol. The molecule has 0 atom stereocenters. The van der Waals surface area contributed by atoms with Crippen LogP contribution in [0.4, 0.5) is 0 Å². The van der Waals surface area contributed by atoms with Gasteiger partial charge in [-0.25, -0.2) is 0 Å². The van der Waals surface area contributed by atoms with Crippen molar-refractivity contribution in [2.24, 2.45) is 17.8 Å². The largest absolute Gasteiger partial charge is 0.496 e. The average molecular weight is 497 g/mol. The summed E-state index contributed by atoms with van der Waals surface area (Å²) < 4.78 is 5.69. The van der Waals surface area contributed by atoms with Crippen LogP contribution < -0.4 is 4.74 Å². The van der Waals surface area contributed by atoms with Gasteiger partial charge in [-0.15, -0.1) is 16.8 Å². The number of rotatable bonds is 2. The Morgan fingerprint density at radius 3 is 2.03 bits per heavy atom. The first kappa shape index (κ1) is 25.5. The molecule has 0 unspecified atom stereocenters. The zero-order valence-corrected chi connectivity index (χ0v) is 22.6. The van der Waals surface area contributed by atoms with Crippen LogP contribution in [-0.4, -0.2) is 15.5 Å². The van der Waals surface area contributed by atoms with Crippen LogP contribution in [0.5, 0.6) is 5.75 Å². The monoisotopic (exact) mass is 497 g/mol. The Morgan fingerprint density at radius 1 is 0.812 bits per heavy atom. The van der Waals surface area contributed by atoms with Gasteiger partial charge in [0.1, 0.15) is 5.75 Å². The summed E-state index contributed by atoms with van der Waals surface area (Å²) in [6.45, 7) is 4.32. The predicted octanol–water partition coefficient (Wildman–Crippen LogP) is 7.04. The summed E-state index contributed by atoms with van der Waals surface area (Å²) in [6, 6.07) is 22.3. The number of methoxy groups -OCH3 is 1. The molecule has 3 aromatic rings. The second-order valence-electron chi connectivity index (χ2n) is 10.2. The van der Waals surface area contributed by atoms with Crippen molar-refractivity contribution >= 4 is 19.2 Å². The molecule has 4 fully saturated rings. The van der Waals surface area contributed by atoms with Gasteiger partial charge in [0.05, 0.1) is 7.11 Å². The number of aryl methyl sites for hydroxylation is 2. The van der Waals surface area contributed by atoms with Crippen LogP contribution in [0.15, 0.2) is 54.6 Å². The molecule has 3 heteroatoms. The van der Waals surface area contributed by atoms with Gasteiger partial charge in [0.25, 0.3) is 0 Å². The zero-order chi connectivity index (χ0) is 20.7. The molecule has 0 N–H and O–H groups in total. The van der Waals surface area contributed by atoms with Crippen LogP contribution in [0.3, 0.4) is 0 Å². The van der Waals surface area contributed by atoms with Gasteiger partial charge >= 0.3 is 0 Å². The normalized spacial score (nSPS) is 27.0. The van der Waals surface area contributed by atoms with E-state index >= 15 is 0 Å². The Balaban J connectivity index is 0.000000192. The summed E-state index contributed by atoms with van der Waals surface area (Å²) in [5.74, 6) is 4.12. The molecule has 4 saturated carbocycles. The molecule has 0 saturated heterocycles. The fraction of sp³-hybridized carbons (Fsp3) is 0.448. The first-order valence-corrected chi connectivity index (χ1v) is 11.6. The van der Waals surface area contributed by atoms with E-state index in [4.69, 9.17) is 4.74 Å². The van der Waals surface area contributed by atoms with Gasteiger partial charge < -0.3 is 4.74 Å². The van der Waals surface area contributed by atoms with E-state index in [1.807, 2.05) is 19.2 Å². The van der Waals surface area contributed by atoms with Crippen LogP contribution in [-0.2, 0) is 38.1 Å². The molecular weight excluding hydrogens is 464 g/mol. The second kappa shape index (κ2) is 10.4. The van der Waals surface area contributed by atoms with Crippen molar-refractivity contribution in [3.05, 3.63) is 77.4 Å². The number of fused-ring (bicyclic) bond motifs is 1. The molecule has 4 bridgehead atoms. The summed E-state index contributed by atoms with van der Waals surface area (Å²) in [7, 11) is 1.83. The minimum Gasteiger partial charge on any atom is -0.496 e. The van der Waals surface area contributed by atoms with E-state index in [2.05, 4.69) is 62.4 Å². The molecule has 4 aliphatic carbocycles. The molecule has 0 aliphatic heterocycles. The quantitative estimate of drug-likeness (QED) is 0.273. The van der Waals surface area contributed by atoms with Crippen LogP contribution in [0.2, 0.25) is 0 Å². The van der Waals surface area contributed by atoms with E-state index in [0.717, 1.165) is 23.5 Å². The molecule has 162 valence electrons. The molecule has 0 aromatic heterocycles. The minimum absolute atomic E-state index is 0. The Labute approximate surface area is 221 Å². The summed E-state index contributed by atoms with van der Waals surface area (Å²) in [5, 5.41) is 2.56. The fourth-order valence-corrected chi connectivity index (χ4v) is 6.92. The van der Waals surface area contributed by atoms with Crippen molar-refractivity contribution in [2.45, 2.75) is 57.8 Å².